The molecule has 1 N–H and O–H groups in total. The smallest absolute Gasteiger partial charge is 0.319 e. The molecule has 1 fully saturated rings. The van der Waals surface area contributed by atoms with Crippen LogP contribution in [0.2, 0.25) is 0 Å². The van der Waals surface area contributed by atoms with Crippen LogP contribution in [0.1, 0.15) is 57.6 Å². The van der Waals surface area contributed by atoms with E-state index in [0.29, 0.717) is 6.42 Å². The third kappa shape index (κ3) is 3.44. The zero-order valence-corrected chi connectivity index (χ0v) is 17.0. The average molecular weight is 360 g/mol. The van der Waals surface area contributed by atoms with Gasteiger partial charge in [0.25, 0.3) is 5.91 Å². The highest BCUT2D eigenvalue weighted by Crippen LogP contribution is 2.45. The Balaban J connectivity index is 2.65. The number of likely N-dealkylation sites (N-methyl/N-ethyl adjacent to an activating group) is 1. The molecule has 1 aromatic carbocycles. The number of carbonyl (C=O) groups is 2. The number of unbranched alkanes of at least 4 members (excludes halogenated alkanes) is 1. The van der Waals surface area contributed by atoms with Gasteiger partial charge in [0.1, 0.15) is 6.17 Å². The van der Waals surface area contributed by atoms with Crippen LogP contribution in [0.3, 0.4) is 0 Å². The van der Waals surface area contributed by atoms with Gasteiger partial charge in [0, 0.05) is 14.1 Å². The van der Waals surface area contributed by atoms with Gasteiger partial charge >= 0.3 is 6.03 Å². The Morgan fingerprint density at radius 1 is 1.27 bits per heavy atom. The molecule has 2 unspecified atom stereocenters. The summed E-state index contributed by atoms with van der Waals surface area (Å²) in [7, 11) is 3.46. The second kappa shape index (κ2) is 8.11. The van der Waals surface area contributed by atoms with Crippen molar-refractivity contribution < 1.29 is 9.59 Å². The van der Waals surface area contributed by atoms with E-state index in [1.807, 2.05) is 38.2 Å². The first-order valence-electron chi connectivity index (χ1n) is 9.65. The molecule has 144 valence electrons. The Morgan fingerprint density at radius 3 is 2.38 bits per heavy atom. The molecule has 0 spiro atoms. The molecule has 1 saturated heterocycles. The normalized spacial score (nSPS) is 23.0. The molecule has 0 aliphatic carbocycles. The van der Waals surface area contributed by atoms with E-state index in [1.165, 1.54) is 0 Å². The maximum absolute atomic E-state index is 13.6. The monoisotopic (exact) mass is 359 g/mol. The maximum atomic E-state index is 13.6. The molecule has 0 aromatic heterocycles. The molecule has 2 atom stereocenters. The van der Waals surface area contributed by atoms with Gasteiger partial charge in [0.05, 0.1) is 0 Å². The second-order valence-electron chi connectivity index (χ2n) is 7.79. The minimum atomic E-state index is -0.949. The van der Waals surface area contributed by atoms with Crippen molar-refractivity contribution in [1.29, 1.82) is 0 Å². The van der Waals surface area contributed by atoms with E-state index in [2.05, 4.69) is 26.1 Å². The lowest BCUT2D eigenvalue weighted by atomic mass is 9.80. The quantitative estimate of drug-likeness (QED) is 0.838. The Bertz CT molecular complexity index is 641. The fourth-order valence-electron chi connectivity index (χ4n) is 4.08. The lowest BCUT2D eigenvalue weighted by Gasteiger charge is -2.39. The Labute approximate surface area is 157 Å². The van der Waals surface area contributed by atoms with Gasteiger partial charge in [-0.25, -0.2) is 4.79 Å². The van der Waals surface area contributed by atoms with Crippen LogP contribution in [0.4, 0.5) is 4.79 Å². The summed E-state index contributed by atoms with van der Waals surface area (Å²) in [5.41, 5.74) is 1.09. The van der Waals surface area contributed by atoms with Crippen molar-refractivity contribution in [1.82, 2.24) is 15.1 Å². The second-order valence-corrected chi connectivity index (χ2v) is 7.79. The highest BCUT2D eigenvalue weighted by Gasteiger charge is 2.58. The molecule has 5 heteroatoms. The Hall–Kier alpha value is -2.04. The fourth-order valence-corrected chi connectivity index (χ4v) is 4.08. The lowest BCUT2D eigenvalue weighted by Crippen LogP contribution is -2.54. The summed E-state index contributed by atoms with van der Waals surface area (Å²) in [5.74, 6) is 0.283. The van der Waals surface area contributed by atoms with Crippen LogP contribution in [0, 0.1) is 12.8 Å². The third-order valence-corrected chi connectivity index (χ3v) is 5.31. The summed E-state index contributed by atoms with van der Waals surface area (Å²) in [4.78, 5) is 30.1. The summed E-state index contributed by atoms with van der Waals surface area (Å²) in [6.07, 6.45) is 3.18. The molecule has 2 rings (SSSR count). The van der Waals surface area contributed by atoms with E-state index in [1.54, 1.807) is 16.8 Å². The van der Waals surface area contributed by atoms with Crippen molar-refractivity contribution in [2.24, 2.45) is 5.92 Å². The molecule has 1 aliphatic rings. The fraction of sp³-hybridized carbons (Fsp3) is 0.619. The van der Waals surface area contributed by atoms with Crippen LogP contribution in [0.15, 0.2) is 24.3 Å². The average Bonchev–Trinajstić information content (AvgIpc) is 2.81. The van der Waals surface area contributed by atoms with Gasteiger partial charge in [-0.3, -0.25) is 9.69 Å². The van der Waals surface area contributed by atoms with Crippen molar-refractivity contribution in [2.75, 3.05) is 14.1 Å². The SMILES string of the molecule is CCCCC1N(C)C(=O)C(CC(C)C)(c2ccc(C)cc2)N1C(=O)NC. The molecule has 26 heavy (non-hydrogen) atoms. The molecule has 1 aromatic rings. The van der Waals surface area contributed by atoms with Gasteiger partial charge in [0.2, 0.25) is 0 Å². The van der Waals surface area contributed by atoms with Crippen molar-refractivity contribution in [3.63, 3.8) is 0 Å². The first-order chi connectivity index (χ1) is 12.3. The van der Waals surface area contributed by atoms with Gasteiger partial charge < -0.3 is 10.2 Å². The summed E-state index contributed by atoms with van der Waals surface area (Å²) < 4.78 is 0. The molecule has 5 nitrogen and oxygen atoms in total. The van der Waals surface area contributed by atoms with Gasteiger partial charge in [-0.1, -0.05) is 57.0 Å². The van der Waals surface area contributed by atoms with Crippen LogP contribution in [0.5, 0.6) is 0 Å². The molecule has 0 bridgehead atoms. The largest absolute Gasteiger partial charge is 0.341 e. The van der Waals surface area contributed by atoms with E-state index in [4.69, 9.17) is 0 Å². The summed E-state index contributed by atoms with van der Waals surface area (Å²) in [6.45, 7) is 8.36. The summed E-state index contributed by atoms with van der Waals surface area (Å²) in [6, 6.07) is 7.85. The van der Waals surface area contributed by atoms with Gasteiger partial charge in [-0.05, 0) is 37.7 Å². The zero-order valence-electron chi connectivity index (χ0n) is 17.0. The lowest BCUT2D eigenvalue weighted by molar-refractivity contribution is -0.133. The van der Waals surface area contributed by atoms with Gasteiger partial charge in [-0.15, -0.1) is 0 Å². The minimum Gasteiger partial charge on any atom is -0.341 e. The van der Waals surface area contributed by atoms with E-state index >= 15 is 0 Å². The highest BCUT2D eigenvalue weighted by atomic mass is 16.2. The van der Waals surface area contributed by atoms with Crippen molar-refractivity contribution in [2.45, 2.75) is 65.1 Å². The molecule has 0 saturated carbocycles. The third-order valence-electron chi connectivity index (χ3n) is 5.31. The molecule has 1 aliphatic heterocycles. The number of nitrogens with zero attached hydrogens (tertiary/aromatic N) is 2. The van der Waals surface area contributed by atoms with E-state index in [-0.39, 0.29) is 24.0 Å². The standard InChI is InChI=1S/C21H33N3O2/c1-7-8-9-18-23(6)19(25)21(14-15(2)3,24(18)20(26)22-5)17-12-10-16(4)11-13-17/h10-13,15,18H,7-9,14H2,1-6H3,(H,22,26). The Kier molecular flexibility index (Phi) is 6.32. The Morgan fingerprint density at radius 2 is 1.88 bits per heavy atom. The number of nitrogens with one attached hydrogen (secondary N) is 1. The number of amides is 3. The predicted molar refractivity (Wildman–Crippen MR) is 105 cm³/mol. The number of hydrogen-bond acceptors (Lipinski definition) is 2. The van der Waals surface area contributed by atoms with Crippen molar-refractivity contribution in [3.8, 4) is 0 Å². The topological polar surface area (TPSA) is 52.7 Å². The number of hydrogen-bond donors (Lipinski definition) is 1. The van der Waals surface area contributed by atoms with Crippen LogP contribution < -0.4 is 5.32 Å². The maximum Gasteiger partial charge on any atom is 0.319 e. The number of urea groups is 1. The molecule has 0 radical (unpaired) electrons. The summed E-state index contributed by atoms with van der Waals surface area (Å²) >= 11 is 0. The molecular formula is C21H33N3O2. The summed E-state index contributed by atoms with van der Waals surface area (Å²) in [5, 5.41) is 2.77. The molecule has 3 amide bonds. The first-order valence-corrected chi connectivity index (χ1v) is 9.65. The predicted octanol–water partition coefficient (Wildman–Crippen LogP) is 3.87. The van der Waals surface area contributed by atoms with Crippen LogP contribution in [-0.4, -0.2) is 42.0 Å². The molecule has 1 heterocycles. The first kappa shape index (κ1) is 20.3. The van der Waals surface area contributed by atoms with E-state index < -0.39 is 5.54 Å². The molecular weight excluding hydrogens is 326 g/mol. The van der Waals surface area contributed by atoms with Crippen molar-refractivity contribution >= 4 is 11.9 Å². The number of carbonyl (C=O) groups excluding carboxylic acids is 2. The highest BCUT2D eigenvalue weighted by molar-refractivity contribution is 5.95. The number of rotatable bonds is 6. The minimum absolute atomic E-state index is 0.0137. The van der Waals surface area contributed by atoms with Gasteiger partial charge in [0.15, 0.2) is 5.54 Å². The van der Waals surface area contributed by atoms with E-state index in [0.717, 1.165) is 30.4 Å². The van der Waals surface area contributed by atoms with E-state index in [9.17, 15) is 9.59 Å². The van der Waals surface area contributed by atoms with Gasteiger partial charge in [-0.2, -0.15) is 0 Å². The van der Waals surface area contributed by atoms with Crippen LogP contribution in [-0.2, 0) is 10.3 Å². The zero-order chi connectivity index (χ0) is 19.5. The van der Waals surface area contributed by atoms with Crippen molar-refractivity contribution in [3.05, 3.63) is 35.4 Å². The van der Waals surface area contributed by atoms with Crippen LogP contribution in [0.25, 0.3) is 0 Å². The van der Waals surface area contributed by atoms with Crippen LogP contribution >= 0.6 is 0 Å². The number of benzene rings is 1. The number of aryl methyl sites for hydroxylation is 1.